The molecule has 0 aliphatic carbocycles. The molecule has 19 heavy (non-hydrogen) atoms. The van der Waals surface area contributed by atoms with Crippen LogP contribution in [0.2, 0.25) is 10.0 Å². The Kier molecular flexibility index (Phi) is 5.17. The summed E-state index contributed by atoms with van der Waals surface area (Å²) in [7, 11) is -4.04. The summed E-state index contributed by atoms with van der Waals surface area (Å²) in [4.78, 5) is 10.5. The predicted octanol–water partition coefficient (Wildman–Crippen LogP) is 1.35. The van der Waals surface area contributed by atoms with E-state index in [1.807, 2.05) is 0 Å². The van der Waals surface area contributed by atoms with Crippen LogP contribution >= 0.6 is 23.2 Å². The van der Waals surface area contributed by atoms with Gasteiger partial charge in [0.1, 0.15) is 4.90 Å². The summed E-state index contributed by atoms with van der Waals surface area (Å²) in [6.07, 6.45) is 0. The van der Waals surface area contributed by atoms with Crippen molar-refractivity contribution >= 4 is 39.2 Å². The molecular weight excluding hydrogens is 317 g/mol. The van der Waals surface area contributed by atoms with Crippen LogP contribution in [0.5, 0.6) is 0 Å². The Morgan fingerprint density at radius 3 is 2.42 bits per heavy atom. The highest BCUT2D eigenvalue weighted by Crippen LogP contribution is 2.28. The molecule has 1 unspecified atom stereocenters. The van der Waals surface area contributed by atoms with E-state index in [-0.39, 0.29) is 15.6 Å². The SMILES string of the molecule is CC(CO)NS(=O)(=O)c1cc(C(=O)O)c(Cl)cc1Cl. The van der Waals surface area contributed by atoms with Gasteiger partial charge in [-0.1, -0.05) is 23.2 Å². The first-order valence-corrected chi connectivity index (χ1v) is 7.28. The number of aromatic carboxylic acids is 1. The lowest BCUT2D eigenvalue weighted by Crippen LogP contribution is -2.35. The van der Waals surface area contributed by atoms with E-state index in [9.17, 15) is 13.2 Å². The first-order chi connectivity index (χ1) is 8.69. The minimum atomic E-state index is -4.04. The van der Waals surface area contributed by atoms with Gasteiger partial charge in [-0.2, -0.15) is 0 Å². The summed E-state index contributed by atoms with van der Waals surface area (Å²) in [6.45, 7) is 1.04. The number of sulfonamides is 1. The Bertz CT molecular complexity index is 602. The molecule has 1 atom stereocenters. The van der Waals surface area contributed by atoms with Crippen molar-refractivity contribution in [3.63, 3.8) is 0 Å². The number of halogens is 2. The van der Waals surface area contributed by atoms with Gasteiger partial charge in [0.15, 0.2) is 0 Å². The Morgan fingerprint density at radius 2 is 1.95 bits per heavy atom. The third kappa shape index (κ3) is 3.80. The van der Waals surface area contributed by atoms with Crippen LogP contribution in [-0.2, 0) is 10.0 Å². The van der Waals surface area contributed by atoms with Gasteiger partial charge >= 0.3 is 5.97 Å². The summed E-state index contributed by atoms with van der Waals surface area (Å²) in [6, 6.07) is 1.19. The van der Waals surface area contributed by atoms with Crippen LogP contribution in [0.25, 0.3) is 0 Å². The molecule has 0 aliphatic rings. The molecule has 0 bridgehead atoms. The van der Waals surface area contributed by atoms with Gasteiger partial charge in [0.25, 0.3) is 0 Å². The lowest BCUT2D eigenvalue weighted by molar-refractivity contribution is 0.0697. The van der Waals surface area contributed by atoms with Crippen LogP contribution in [0.3, 0.4) is 0 Å². The van der Waals surface area contributed by atoms with Crippen LogP contribution in [-0.4, -0.2) is 37.2 Å². The van der Waals surface area contributed by atoms with Crippen molar-refractivity contribution in [2.75, 3.05) is 6.61 Å². The number of carbonyl (C=O) groups is 1. The topological polar surface area (TPSA) is 104 Å². The highest BCUT2D eigenvalue weighted by molar-refractivity contribution is 7.89. The van der Waals surface area contributed by atoms with Crippen LogP contribution in [0.1, 0.15) is 17.3 Å². The van der Waals surface area contributed by atoms with Crippen molar-refractivity contribution < 1.29 is 23.4 Å². The van der Waals surface area contributed by atoms with Gasteiger partial charge in [0.05, 0.1) is 22.2 Å². The maximum atomic E-state index is 12.0. The zero-order valence-corrected chi connectivity index (χ0v) is 12.1. The molecule has 1 rings (SSSR count). The first kappa shape index (κ1) is 16.2. The molecule has 0 fully saturated rings. The Hall–Kier alpha value is -0.860. The van der Waals surface area contributed by atoms with Crippen molar-refractivity contribution in [2.45, 2.75) is 17.9 Å². The van der Waals surface area contributed by atoms with Gasteiger partial charge < -0.3 is 10.2 Å². The molecule has 9 heteroatoms. The van der Waals surface area contributed by atoms with E-state index in [2.05, 4.69) is 4.72 Å². The number of carboxylic acids is 1. The Labute approximate surface area is 120 Å². The number of nitrogens with one attached hydrogen (secondary N) is 1. The molecule has 6 nitrogen and oxygen atoms in total. The number of hydrogen-bond donors (Lipinski definition) is 3. The minimum Gasteiger partial charge on any atom is -0.478 e. The average molecular weight is 328 g/mol. The van der Waals surface area contributed by atoms with E-state index in [0.717, 1.165) is 12.1 Å². The number of aliphatic hydroxyl groups is 1. The van der Waals surface area contributed by atoms with E-state index >= 15 is 0 Å². The third-order valence-corrected chi connectivity index (χ3v) is 4.54. The summed E-state index contributed by atoms with van der Waals surface area (Å²) >= 11 is 11.4. The zero-order valence-electron chi connectivity index (χ0n) is 9.72. The van der Waals surface area contributed by atoms with Crippen molar-refractivity contribution in [3.05, 3.63) is 27.7 Å². The second-order valence-corrected chi connectivity index (χ2v) is 6.27. The van der Waals surface area contributed by atoms with Gasteiger partial charge in [-0.05, 0) is 19.1 Å². The molecule has 0 aromatic heterocycles. The minimum absolute atomic E-state index is 0.161. The number of rotatable bonds is 5. The van der Waals surface area contributed by atoms with E-state index in [1.165, 1.54) is 6.92 Å². The number of hydrogen-bond acceptors (Lipinski definition) is 4. The van der Waals surface area contributed by atoms with E-state index < -0.39 is 33.5 Å². The molecule has 0 saturated heterocycles. The van der Waals surface area contributed by atoms with Gasteiger partial charge in [0.2, 0.25) is 10.0 Å². The van der Waals surface area contributed by atoms with E-state index in [0.29, 0.717) is 0 Å². The Balaban J connectivity index is 3.34. The zero-order chi connectivity index (χ0) is 14.8. The van der Waals surface area contributed by atoms with Crippen LogP contribution in [0.15, 0.2) is 17.0 Å². The summed E-state index contributed by atoms with van der Waals surface area (Å²) in [5.74, 6) is -1.37. The second-order valence-electron chi connectivity index (χ2n) is 3.77. The second kappa shape index (κ2) is 6.06. The summed E-state index contributed by atoms with van der Waals surface area (Å²) in [5.41, 5.74) is -0.372. The Morgan fingerprint density at radius 1 is 1.37 bits per heavy atom. The molecule has 0 aliphatic heterocycles. The molecule has 0 spiro atoms. The molecule has 0 saturated carbocycles. The maximum absolute atomic E-state index is 12.0. The van der Waals surface area contributed by atoms with Crippen molar-refractivity contribution in [2.24, 2.45) is 0 Å². The van der Waals surface area contributed by atoms with Crippen LogP contribution < -0.4 is 4.72 Å². The number of aliphatic hydroxyl groups excluding tert-OH is 1. The molecule has 1 aromatic carbocycles. The highest BCUT2D eigenvalue weighted by atomic mass is 35.5. The molecular formula is C10H11Cl2NO5S. The maximum Gasteiger partial charge on any atom is 0.337 e. The van der Waals surface area contributed by atoms with Gasteiger partial charge in [-0.25, -0.2) is 17.9 Å². The largest absolute Gasteiger partial charge is 0.478 e. The molecule has 0 amide bonds. The van der Waals surface area contributed by atoms with Crippen molar-refractivity contribution in [1.29, 1.82) is 0 Å². The predicted molar refractivity (Wildman–Crippen MR) is 70.3 cm³/mol. The molecule has 106 valence electrons. The van der Waals surface area contributed by atoms with Crippen molar-refractivity contribution in [1.82, 2.24) is 4.72 Å². The van der Waals surface area contributed by atoms with Crippen molar-refractivity contribution in [3.8, 4) is 0 Å². The molecule has 1 aromatic rings. The van der Waals surface area contributed by atoms with Gasteiger partial charge in [-0.3, -0.25) is 0 Å². The fraction of sp³-hybridized carbons (Fsp3) is 0.300. The smallest absolute Gasteiger partial charge is 0.337 e. The quantitative estimate of drug-likeness (QED) is 0.757. The summed E-state index contributed by atoms with van der Waals surface area (Å²) < 4.78 is 26.1. The highest BCUT2D eigenvalue weighted by Gasteiger charge is 2.23. The van der Waals surface area contributed by atoms with E-state index in [1.54, 1.807) is 0 Å². The number of carboxylic acid groups (broad SMARTS) is 1. The average Bonchev–Trinajstić information content (AvgIpc) is 2.27. The molecule has 0 heterocycles. The summed E-state index contributed by atoms with van der Waals surface area (Å²) in [5, 5.41) is 17.4. The fourth-order valence-corrected chi connectivity index (χ4v) is 3.35. The monoisotopic (exact) mass is 327 g/mol. The first-order valence-electron chi connectivity index (χ1n) is 5.04. The third-order valence-electron chi connectivity index (χ3n) is 2.17. The normalized spacial score (nSPS) is 13.3. The van der Waals surface area contributed by atoms with Crippen LogP contribution in [0, 0.1) is 0 Å². The standard InChI is InChI=1S/C10H11Cl2NO5S/c1-5(4-14)13-19(17,18)9-2-6(10(15)16)7(11)3-8(9)12/h2-3,5,13-14H,4H2,1H3,(H,15,16). The number of benzene rings is 1. The van der Waals surface area contributed by atoms with Gasteiger partial charge in [0, 0.05) is 6.04 Å². The van der Waals surface area contributed by atoms with E-state index in [4.69, 9.17) is 33.4 Å². The molecule has 3 N–H and O–H groups in total. The van der Waals surface area contributed by atoms with Gasteiger partial charge in [-0.15, -0.1) is 0 Å². The molecule has 0 radical (unpaired) electrons. The lowest BCUT2D eigenvalue weighted by Gasteiger charge is -2.13. The van der Waals surface area contributed by atoms with Crippen LogP contribution in [0.4, 0.5) is 0 Å². The lowest BCUT2D eigenvalue weighted by atomic mass is 10.2. The fourth-order valence-electron chi connectivity index (χ4n) is 1.26.